The van der Waals surface area contributed by atoms with E-state index in [0.717, 1.165) is 16.7 Å². The van der Waals surface area contributed by atoms with E-state index in [1.165, 1.54) is 4.90 Å². The van der Waals surface area contributed by atoms with Crippen molar-refractivity contribution in [1.29, 1.82) is 0 Å². The molecule has 2 saturated heterocycles. The standard InChI is InChI=1S/C26H25ClN2O3/c1-14-9-10-16(27)13-18(14)29-24(31)19-20(25(29)32)22(23(30)26(2,3)4)28-12-11-15-7-5-6-8-17(15)21(19)28/h5-13,19-22H,1-4H3/t19-,20+,21?,22-/m0/s1. The van der Waals surface area contributed by atoms with Crippen molar-refractivity contribution in [3.8, 4) is 0 Å². The zero-order chi connectivity index (χ0) is 22.9. The van der Waals surface area contributed by atoms with Crippen molar-refractivity contribution in [3.63, 3.8) is 0 Å². The Balaban J connectivity index is 1.69. The van der Waals surface area contributed by atoms with Crippen LogP contribution < -0.4 is 4.90 Å². The summed E-state index contributed by atoms with van der Waals surface area (Å²) in [7, 11) is 0. The Morgan fingerprint density at radius 3 is 2.41 bits per heavy atom. The van der Waals surface area contributed by atoms with E-state index in [0.29, 0.717) is 10.7 Å². The molecule has 5 nitrogen and oxygen atoms in total. The molecule has 0 aromatic heterocycles. The molecule has 3 aliphatic rings. The largest absolute Gasteiger partial charge is 0.359 e. The maximum absolute atomic E-state index is 13.8. The first kappa shape index (κ1) is 21.0. The van der Waals surface area contributed by atoms with Crippen LogP contribution in [0.2, 0.25) is 5.02 Å². The predicted octanol–water partition coefficient (Wildman–Crippen LogP) is 4.78. The zero-order valence-corrected chi connectivity index (χ0v) is 19.3. The maximum atomic E-state index is 13.8. The number of amides is 2. The van der Waals surface area contributed by atoms with Crippen LogP contribution in [0.3, 0.4) is 0 Å². The number of aryl methyl sites for hydroxylation is 1. The lowest BCUT2D eigenvalue weighted by Gasteiger charge is -2.37. The van der Waals surface area contributed by atoms with E-state index in [4.69, 9.17) is 11.6 Å². The summed E-state index contributed by atoms with van der Waals surface area (Å²) in [5, 5.41) is 0.457. The third-order valence-electron chi connectivity index (χ3n) is 6.88. The molecule has 164 valence electrons. The highest BCUT2D eigenvalue weighted by atomic mass is 35.5. The summed E-state index contributed by atoms with van der Waals surface area (Å²) in [5.74, 6) is -2.01. The van der Waals surface area contributed by atoms with Crippen LogP contribution in [0.4, 0.5) is 5.69 Å². The van der Waals surface area contributed by atoms with Crippen LogP contribution in [-0.4, -0.2) is 28.5 Å². The van der Waals surface area contributed by atoms with Crippen LogP contribution in [0.15, 0.2) is 48.7 Å². The smallest absolute Gasteiger partial charge is 0.240 e. The maximum Gasteiger partial charge on any atom is 0.240 e. The highest BCUT2D eigenvalue weighted by Gasteiger charge is 2.65. The van der Waals surface area contributed by atoms with E-state index in [1.54, 1.807) is 18.2 Å². The van der Waals surface area contributed by atoms with Crippen LogP contribution in [0.5, 0.6) is 0 Å². The third kappa shape index (κ3) is 2.87. The SMILES string of the molecule is Cc1ccc(Cl)cc1N1C(=O)[C@@H]2[C@H](C1=O)C1c3ccccc3C=CN1[C@@H]2C(=O)C(C)(C)C. The van der Waals surface area contributed by atoms with Crippen LogP contribution >= 0.6 is 11.6 Å². The first-order valence-electron chi connectivity index (χ1n) is 10.8. The molecule has 4 atom stereocenters. The Morgan fingerprint density at radius 1 is 1.00 bits per heavy atom. The molecule has 5 rings (SSSR count). The minimum absolute atomic E-state index is 0.0372. The van der Waals surface area contributed by atoms with Crippen LogP contribution in [-0.2, 0) is 14.4 Å². The molecule has 0 bridgehead atoms. The van der Waals surface area contributed by atoms with Gasteiger partial charge in [0, 0.05) is 16.6 Å². The Hall–Kier alpha value is -2.92. The van der Waals surface area contributed by atoms with Gasteiger partial charge in [0.1, 0.15) is 6.04 Å². The minimum atomic E-state index is -0.742. The van der Waals surface area contributed by atoms with Gasteiger partial charge < -0.3 is 4.90 Å². The number of imide groups is 1. The molecule has 1 unspecified atom stereocenters. The lowest BCUT2D eigenvalue weighted by atomic mass is 9.79. The summed E-state index contributed by atoms with van der Waals surface area (Å²) in [6.07, 6.45) is 3.85. The van der Waals surface area contributed by atoms with Crippen molar-refractivity contribution >= 4 is 41.0 Å². The van der Waals surface area contributed by atoms with Crippen molar-refractivity contribution in [1.82, 2.24) is 4.90 Å². The number of carbonyl (C=O) groups is 3. The van der Waals surface area contributed by atoms with Gasteiger partial charge >= 0.3 is 0 Å². The summed E-state index contributed by atoms with van der Waals surface area (Å²) >= 11 is 6.21. The van der Waals surface area contributed by atoms with Gasteiger partial charge in [-0.25, -0.2) is 4.90 Å². The van der Waals surface area contributed by atoms with Gasteiger partial charge in [-0.1, -0.05) is 62.7 Å². The summed E-state index contributed by atoms with van der Waals surface area (Å²) in [6, 6.07) is 12.0. The summed E-state index contributed by atoms with van der Waals surface area (Å²) in [4.78, 5) is 44.5. The number of ketones is 1. The van der Waals surface area contributed by atoms with Gasteiger partial charge in [0.2, 0.25) is 11.8 Å². The van der Waals surface area contributed by atoms with Gasteiger partial charge in [-0.15, -0.1) is 0 Å². The van der Waals surface area contributed by atoms with Crippen molar-refractivity contribution in [3.05, 3.63) is 70.4 Å². The number of Topliss-reactive ketones (excluding diaryl/α,β-unsaturated/α-hetero) is 1. The summed E-state index contributed by atoms with van der Waals surface area (Å²) < 4.78 is 0. The normalized spacial score (nSPS) is 26.3. The summed E-state index contributed by atoms with van der Waals surface area (Å²) in [6.45, 7) is 7.43. The quantitative estimate of drug-likeness (QED) is 0.620. The fraction of sp³-hybridized carbons (Fsp3) is 0.346. The van der Waals surface area contributed by atoms with Crippen molar-refractivity contribution in [2.75, 3.05) is 4.90 Å². The monoisotopic (exact) mass is 448 g/mol. The van der Waals surface area contributed by atoms with E-state index in [9.17, 15) is 14.4 Å². The lowest BCUT2D eigenvalue weighted by Crippen LogP contribution is -2.47. The Labute approximate surface area is 192 Å². The van der Waals surface area contributed by atoms with E-state index >= 15 is 0 Å². The molecule has 0 spiro atoms. The van der Waals surface area contributed by atoms with E-state index in [1.807, 2.05) is 69.1 Å². The topological polar surface area (TPSA) is 57.7 Å². The average Bonchev–Trinajstić information content (AvgIpc) is 3.21. The molecule has 0 saturated carbocycles. The van der Waals surface area contributed by atoms with Crippen molar-refractivity contribution in [2.45, 2.75) is 39.8 Å². The number of anilines is 1. The lowest BCUT2D eigenvalue weighted by molar-refractivity contribution is -0.135. The first-order valence-corrected chi connectivity index (χ1v) is 11.2. The molecule has 3 heterocycles. The molecule has 0 N–H and O–H groups in total. The molecule has 2 fully saturated rings. The van der Waals surface area contributed by atoms with Gasteiger partial charge in [0.15, 0.2) is 5.78 Å². The average molecular weight is 449 g/mol. The van der Waals surface area contributed by atoms with E-state index in [-0.39, 0.29) is 23.6 Å². The first-order chi connectivity index (χ1) is 15.1. The molecule has 32 heavy (non-hydrogen) atoms. The number of fused-ring (bicyclic) bond motifs is 5. The number of hydrogen-bond acceptors (Lipinski definition) is 4. The van der Waals surface area contributed by atoms with Gasteiger partial charge in [-0.3, -0.25) is 14.4 Å². The van der Waals surface area contributed by atoms with Gasteiger partial charge in [-0.2, -0.15) is 0 Å². The third-order valence-corrected chi connectivity index (χ3v) is 7.12. The number of nitrogens with zero attached hydrogens (tertiary/aromatic N) is 2. The Morgan fingerprint density at radius 2 is 1.69 bits per heavy atom. The molecule has 2 aromatic carbocycles. The molecule has 3 aliphatic heterocycles. The highest BCUT2D eigenvalue weighted by Crippen LogP contribution is 2.54. The second kappa shape index (κ2) is 7.04. The molecule has 0 aliphatic carbocycles. The highest BCUT2D eigenvalue weighted by molar-refractivity contribution is 6.31. The van der Waals surface area contributed by atoms with Gasteiger partial charge in [-0.05, 0) is 41.8 Å². The van der Waals surface area contributed by atoms with Gasteiger partial charge in [0.25, 0.3) is 0 Å². The van der Waals surface area contributed by atoms with Crippen molar-refractivity contribution in [2.24, 2.45) is 17.3 Å². The number of benzene rings is 2. The summed E-state index contributed by atoms with van der Waals surface area (Å²) in [5.41, 5.74) is 2.61. The number of hydrogen-bond donors (Lipinski definition) is 0. The fourth-order valence-corrected chi connectivity index (χ4v) is 5.53. The van der Waals surface area contributed by atoms with E-state index < -0.39 is 23.3 Å². The van der Waals surface area contributed by atoms with Crippen LogP contribution in [0.25, 0.3) is 6.08 Å². The number of rotatable bonds is 2. The molecule has 6 heteroatoms. The molecular weight excluding hydrogens is 424 g/mol. The molecule has 0 radical (unpaired) electrons. The van der Waals surface area contributed by atoms with E-state index in [2.05, 4.69) is 0 Å². The second-order valence-electron chi connectivity index (χ2n) is 9.89. The van der Waals surface area contributed by atoms with Crippen LogP contribution in [0, 0.1) is 24.2 Å². The molecular formula is C26H25ClN2O3. The number of halogens is 1. The predicted molar refractivity (Wildman–Crippen MR) is 124 cm³/mol. The Kier molecular flexibility index (Phi) is 4.61. The molecule has 2 amide bonds. The fourth-order valence-electron chi connectivity index (χ4n) is 5.36. The number of carbonyl (C=O) groups excluding carboxylic acids is 3. The van der Waals surface area contributed by atoms with Crippen LogP contribution in [0.1, 0.15) is 43.5 Å². The zero-order valence-electron chi connectivity index (χ0n) is 18.5. The van der Waals surface area contributed by atoms with Gasteiger partial charge in [0.05, 0.1) is 23.6 Å². The Bertz CT molecular complexity index is 1200. The second-order valence-corrected chi connectivity index (χ2v) is 10.3. The van der Waals surface area contributed by atoms with Crippen molar-refractivity contribution < 1.29 is 14.4 Å². The molecule has 2 aromatic rings. The minimum Gasteiger partial charge on any atom is -0.359 e.